The zero-order valence-corrected chi connectivity index (χ0v) is 11.2. The molecule has 0 N–H and O–H groups in total. The standard InChI is InChI=1S/C14H23NO2/c1-5-10-15(11-12-8-6-7-9-12)13(16)17-14(2,3)4/h1,12H,6-11H2,2-4H3. The molecule has 0 spiro atoms. The Morgan fingerprint density at radius 3 is 2.47 bits per heavy atom. The van der Waals surface area contributed by atoms with Crippen LogP contribution in [0, 0.1) is 18.3 Å². The number of amides is 1. The van der Waals surface area contributed by atoms with Gasteiger partial charge in [0.2, 0.25) is 0 Å². The summed E-state index contributed by atoms with van der Waals surface area (Å²) in [6.45, 7) is 6.68. The van der Waals surface area contributed by atoms with Crippen molar-refractivity contribution in [3.05, 3.63) is 0 Å². The first kappa shape index (κ1) is 13.9. The van der Waals surface area contributed by atoms with Crippen LogP contribution in [0.5, 0.6) is 0 Å². The molecule has 0 aromatic rings. The summed E-state index contributed by atoms with van der Waals surface area (Å²) in [5.41, 5.74) is -0.459. The molecule has 0 aliphatic heterocycles. The van der Waals surface area contributed by atoms with E-state index in [-0.39, 0.29) is 6.09 Å². The first-order valence-electron chi connectivity index (χ1n) is 6.34. The van der Waals surface area contributed by atoms with Gasteiger partial charge in [-0.15, -0.1) is 6.42 Å². The first-order chi connectivity index (χ1) is 7.92. The molecule has 0 unspecified atom stereocenters. The third-order valence-electron chi connectivity index (χ3n) is 2.89. The van der Waals surface area contributed by atoms with Gasteiger partial charge in [0.15, 0.2) is 0 Å². The van der Waals surface area contributed by atoms with Crippen LogP contribution in [0.15, 0.2) is 0 Å². The van der Waals surface area contributed by atoms with Gasteiger partial charge in [0.05, 0.1) is 6.54 Å². The fourth-order valence-electron chi connectivity index (χ4n) is 2.14. The molecule has 3 nitrogen and oxygen atoms in total. The minimum Gasteiger partial charge on any atom is -0.444 e. The Labute approximate surface area is 105 Å². The Morgan fingerprint density at radius 2 is 2.00 bits per heavy atom. The second-order valence-electron chi connectivity index (χ2n) is 5.72. The molecule has 1 aliphatic carbocycles. The fourth-order valence-corrected chi connectivity index (χ4v) is 2.14. The van der Waals surface area contributed by atoms with Gasteiger partial charge >= 0.3 is 6.09 Å². The summed E-state index contributed by atoms with van der Waals surface area (Å²) in [5.74, 6) is 3.13. The van der Waals surface area contributed by atoms with Crippen molar-refractivity contribution in [3.63, 3.8) is 0 Å². The van der Waals surface area contributed by atoms with Gasteiger partial charge in [-0.2, -0.15) is 0 Å². The highest BCUT2D eigenvalue weighted by Gasteiger charge is 2.25. The van der Waals surface area contributed by atoms with E-state index >= 15 is 0 Å². The average molecular weight is 237 g/mol. The predicted molar refractivity (Wildman–Crippen MR) is 68.6 cm³/mol. The van der Waals surface area contributed by atoms with Gasteiger partial charge in [0.1, 0.15) is 5.60 Å². The van der Waals surface area contributed by atoms with E-state index in [2.05, 4.69) is 5.92 Å². The quantitative estimate of drug-likeness (QED) is 0.706. The summed E-state index contributed by atoms with van der Waals surface area (Å²) in [6, 6.07) is 0. The molecule has 1 amide bonds. The lowest BCUT2D eigenvalue weighted by Crippen LogP contribution is -2.39. The highest BCUT2D eigenvalue weighted by molar-refractivity contribution is 5.68. The Hall–Kier alpha value is -1.17. The Bertz CT molecular complexity index is 292. The van der Waals surface area contributed by atoms with E-state index < -0.39 is 5.60 Å². The maximum absolute atomic E-state index is 11.9. The molecule has 1 saturated carbocycles. The maximum atomic E-state index is 11.9. The molecule has 0 aromatic heterocycles. The van der Waals surface area contributed by atoms with E-state index in [0.29, 0.717) is 12.5 Å². The zero-order chi connectivity index (χ0) is 12.9. The molecule has 0 heterocycles. The van der Waals surface area contributed by atoms with Gasteiger partial charge in [0.25, 0.3) is 0 Å². The lowest BCUT2D eigenvalue weighted by molar-refractivity contribution is 0.0249. The summed E-state index contributed by atoms with van der Waals surface area (Å²) < 4.78 is 5.35. The Balaban J connectivity index is 2.52. The smallest absolute Gasteiger partial charge is 0.411 e. The van der Waals surface area contributed by atoms with Crippen molar-refractivity contribution in [2.24, 2.45) is 5.92 Å². The van der Waals surface area contributed by atoms with Gasteiger partial charge in [0, 0.05) is 6.54 Å². The van der Waals surface area contributed by atoms with Crippen molar-refractivity contribution in [2.75, 3.05) is 13.1 Å². The van der Waals surface area contributed by atoms with Gasteiger partial charge in [-0.25, -0.2) is 4.79 Å². The summed E-state index contributed by atoms with van der Waals surface area (Å²) in [4.78, 5) is 13.6. The predicted octanol–water partition coefficient (Wildman–Crippen LogP) is 3.05. The molecule has 1 fully saturated rings. The van der Waals surface area contributed by atoms with Crippen molar-refractivity contribution < 1.29 is 9.53 Å². The molecule has 3 heteroatoms. The van der Waals surface area contributed by atoms with Crippen molar-refractivity contribution in [1.29, 1.82) is 0 Å². The minimum atomic E-state index is -0.459. The monoisotopic (exact) mass is 237 g/mol. The van der Waals surface area contributed by atoms with Crippen LogP contribution in [-0.4, -0.2) is 29.7 Å². The molecular weight excluding hydrogens is 214 g/mol. The molecule has 0 aromatic carbocycles. The first-order valence-corrected chi connectivity index (χ1v) is 6.34. The number of nitrogens with zero attached hydrogens (tertiary/aromatic N) is 1. The van der Waals surface area contributed by atoms with Gasteiger partial charge in [-0.1, -0.05) is 18.8 Å². The molecular formula is C14H23NO2. The van der Waals surface area contributed by atoms with Crippen LogP contribution in [-0.2, 0) is 4.74 Å². The van der Waals surface area contributed by atoms with E-state index in [1.807, 2.05) is 20.8 Å². The van der Waals surface area contributed by atoms with E-state index in [0.717, 1.165) is 6.54 Å². The van der Waals surface area contributed by atoms with Gasteiger partial charge in [-0.05, 0) is 39.5 Å². The topological polar surface area (TPSA) is 29.5 Å². The van der Waals surface area contributed by atoms with Crippen LogP contribution < -0.4 is 0 Å². The highest BCUT2D eigenvalue weighted by Crippen LogP contribution is 2.25. The largest absolute Gasteiger partial charge is 0.444 e. The van der Waals surface area contributed by atoms with E-state index in [1.54, 1.807) is 4.90 Å². The second kappa shape index (κ2) is 5.95. The summed E-state index contributed by atoms with van der Waals surface area (Å²) in [6.07, 6.45) is 9.95. The number of terminal acetylenes is 1. The minimum absolute atomic E-state index is 0.289. The van der Waals surface area contributed by atoms with Crippen LogP contribution in [0.1, 0.15) is 46.5 Å². The van der Waals surface area contributed by atoms with Crippen LogP contribution in [0.25, 0.3) is 0 Å². The number of rotatable bonds is 3. The third kappa shape index (κ3) is 5.12. The molecule has 0 bridgehead atoms. The van der Waals surface area contributed by atoms with Crippen LogP contribution >= 0.6 is 0 Å². The molecule has 0 atom stereocenters. The van der Waals surface area contributed by atoms with Gasteiger partial charge < -0.3 is 4.74 Å². The van der Waals surface area contributed by atoms with Crippen molar-refractivity contribution in [1.82, 2.24) is 4.90 Å². The lowest BCUT2D eigenvalue weighted by Gasteiger charge is -2.27. The maximum Gasteiger partial charge on any atom is 0.411 e. The SMILES string of the molecule is C#CCN(CC1CCCC1)C(=O)OC(C)(C)C. The normalized spacial score (nSPS) is 16.6. The van der Waals surface area contributed by atoms with E-state index in [4.69, 9.17) is 11.2 Å². The van der Waals surface area contributed by atoms with Crippen molar-refractivity contribution in [2.45, 2.75) is 52.1 Å². The zero-order valence-electron chi connectivity index (χ0n) is 11.2. The molecule has 1 rings (SSSR count). The molecule has 0 radical (unpaired) electrons. The second-order valence-corrected chi connectivity index (χ2v) is 5.72. The van der Waals surface area contributed by atoms with Crippen LogP contribution in [0.2, 0.25) is 0 Å². The molecule has 0 saturated heterocycles. The Morgan fingerprint density at radius 1 is 1.41 bits per heavy atom. The number of ether oxygens (including phenoxy) is 1. The lowest BCUT2D eigenvalue weighted by atomic mass is 10.1. The van der Waals surface area contributed by atoms with Crippen LogP contribution in [0.4, 0.5) is 4.79 Å². The van der Waals surface area contributed by atoms with E-state index in [1.165, 1.54) is 25.7 Å². The number of hydrogen-bond acceptors (Lipinski definition) is 2. The number of hydrogen-bond donors (Lipinski definition) is 0. The highest BCUT2D eigenvalue weighted by atomic mass is 16.6. The Kier molecular flexibility index (Phi) is 4.86. The molecule has 17 heavy (non-hydrogen) atoms. The summed E-state index contributed by atoms with van der Waals surface area (Å²) in [7, 11) is 0. The summed E-state index contributed by atoms with van der Waals surface area (Å²) in [5, 5.41) is 0. The van der Waals surface area contributed by atoms with Crippen molar-refractivity contribution >= 4 is 6.09 Å². The van der Waals surface area contributed by atoms with Gasteiger partial charge in [-0.3, -0.25) is 4.90 Å². The molecule has 1 aliphatic rings. The number of carbonyl (C=O) groups excluding carboxylic acids is 1. The fraction of sp³-hybridized carbons (Fsp3) is 0.786. The van der Waals surface area contributed by atoms with Crippen molar-refractivity contribution in [3.8, 4) is 12.3 Å². The summed E-state index contributed by atoms with van der Waals surface area (Å²) >= 11 is 0. The number of carbonyl (C=O) groups is 1. The van der Waals surface area contributed by atoms with Crippen LogP contribution in [0.3, 0.4) is 0 Å². The third-order valence-corrected chi connectivity index (χ3v) is 2.89. The molecule has 96 valence electrons. The average Bonchev–Trinajstić information content (AvgIpc) is 2.67. The van der Waals surface area contributed by atoms with E-state index in [9.17, 15) is 4.79 Å².